The molecule has 2 atom stereocenters. The molecule has 0 saturated heterocycles. The van der Waals surface area contributed by atoms with Crippen molar-refractivity contribution < 1.29 is 15.0 Å². The molecule has 0 aromatic heterocycles. The van der Waals surface area contributed by atoms with Crippen LogP contribution in [0, 0.1) is 0 Å². The summed E-state index contributed by atoms with van der Waals surface area (Å²) in [4.78, 5) is 5.08. The summed E-state index contributed by atoms with van der Waals surface area (Å²) >= 11 is -4.78. The van der Waals surface area contributed by atoms with Gasteiger partial charge in [-0.25, -0.2) is 0 Å². The van der Waals surface area contributed by atoms with Crippen LogP contribution in [0.5, 0.6) is 0 Å². The van der Waals surface area contributed by atoms with Crippen LogP contribution in [0.4, 0.5) is 22.7 Å². The molecule has 0 amide bonds. The summed E-state index contributed by atoms with van der Waals surface area (Å²) in [6.07, 6.45) is 9.46. The van der Waals surface area contributed by atoms with Gasteiger partial charge in [0.2, 0.25) is 0 Å². The number of rotatable bonds is 4. The zero-order valence-corrected chi connectivity index (χ0v) is 32.3. The standard InChI is InChI=1S/2C19H18N.C2H6Si.2ClH.Zr/c2*1-14-12-16-7-4-10-19(17(16)13-14)20-11-5-8-15-6-2-3-9-18(15)20;1-3-2;;;/h2*2-4,6-7,9-10,12-13H,5,8,11H2,1H3;1-2H3;2*1H;/q;;;;;+2/p-2. The molecule has 4 aliphatic rings. The van der Waals surface area contributed by atoms with Gasteiger partial charge in [-0.3, -0.25) is 0 Å². The van der Waals surface area contributed by atoms with Crippen molar-refractivity contribution in [1.82, 2.24) is 0 Å². The van der Waals surface area contributed by atoms with Crippen LogP contribution in [-0.2, 0) is 27.9 Å². The number of hydrogen-bond donors (Lipinski definition) is 0. The van der Waals surface area contributed by atoms with Gasteiger partial charge in [0.15, 0.2) is 0 Å². The number of para-hydroxylation sites is 2. The Balaban J connectivity index is 1.28. The molecule has 0 spiro atoms. The Morgan fingerprint density at radius 2 is 1.00 bits per heavy atom. The number of allylic oxidation sites excluding steroid dienone is 2. The van der Waals surface area contributed by atoms with E-state index in [-0.39, 0.29) is 7.25 Å². The number of halogens is 2. The molecule has 4 aromatic rings. The van der Waals surface area contributed by atoms with E-state index >= 15 is 0 Å². The molecule has 0 radical (unpaired) electrons. The van der Waals surface area contributed by atoms with Gasteiger partial charge in [0.05, 0.1) is 0 Å². The van der Waals surface area contributed by atoms with E-state index in [2.05, 4.69) is 134 Å². The number of anilines is 4. The van der Waals surface area contributed by atoms with E-state index in [0.29, 0.717) is 0 Å². The van der Waals surface area contributed by atoms with Crippen molar-refractivity contribution in [3.63, 3.8) is 0 Å². The van der Waals surface area contributed by atoms with E-state index < -0.39 is 20.4 Å². The van der Waals surface area contributed by atoms with Gasteiger partial charge in [-0.15, -0.1) is 0 Å². The first-order chi connectivity index (χ1) is 22.2. The molecule has 8 rings (SSSR count). The monoisotopic (exact) mass is 738 g/mol. The van der Waals surface area contributed by atoms with Crippen LogP contribution >= 0.6 is 17.0 Å². The third-order valence-electron chi connectivity index (χ3n) is 11.3. The first-order valence-electron chi connectivity index (χ1n) is 16.9. The van der Waals surface area contributed by atoms with Crippen molar-refractivity contribution in [3.05, 3.63) is 129 Å². The van der Waals surface area contributed by atoms with Gasteiger partial charge in [0.25, 0.3) is 0 Å². The molecule has 2 heterocycles. The predicted molar refractivity (Wildman–Crippen MR) is 198 cm³/mol. The van der Waals surface area contributed by atoms with E-state index in [9.17, 15) is 0 Å². The van der Waals surface area contributed by atoms with Crippen LogP contribution in [0.25, 0.3) is 12.2 Å². The molecule has 0 N–H and O–H groups in total. The van der Waals surface area contributed by atoms with Gasteiger partial charge >= 0.3 is 285 Å². The summed E-state index contributed by atoms with van der Waals surface area (Å²) in [5.74, 6) is 0. The number of fused-ring (bicyclic) bond motifs is 4. The van der Waals surface area contributed by atoms with Crippen molar-refractivity contribution >= 4 is 57.4 Å². The average molecular weight is 741 g/mol. The molecule has 2 unspecified atom stereocenters. The molecule has 6 heteroatoms. The van der Waals surface area contributed by atoms with Gasteiger partial charge in [-0.1, -0.05) is 0 Å². The molecule has 2 nitrogen and oxygen atoms in total. The van der Waals surface area contributed by atoms with Gasteiger partial charge < -0.3 is 0 Å². The van der Waals surface area contributed by atoms with Gasteiger partial charge in [-0.2, -0.15) is 0 Å². The van der Waals surface area contributed by atoms with E-state index in [1.807, 2.05) is 0 Å². The Bertz CT molecular complexity index is 1910. The van der Waals surface area contributed by atoms with E-state index in [0.717, 1.165) is 38.8 Å². The quantitative estimate of drug-likeness (QED) is 0.192. The van der Waals surface area contributed by atoms with E-state index in [1.54, 1.807) is 0 Å². The summed E-state index contributed by atoms with van der Waals surface area (Å²) in [5.41, 5.74) is 15.0. The molecule has 0 fully saturated rings. The molecule has 46 heavy (non-hydrogen) atoms. The maximum atomic E-state index is 8.54. The van der Waals surface area contributed by atoms with Crippen LogP contribution in [0.15, 0.2) is 96.1 Å². The molecule has 4 aromatic carbocycles. The second-order valence-corrected chi connectivity index (χ2v) is 52.9. The second-order valence-electron chi connectivity index (χ2n) is 14.1. The predicted octanol–water partition coefficient (Wildman–Crippen LogP) is 11.7. The summed E-state index contributed by atoms with van der Waals surface area (Å²) < 4.78 is 0.171. The zero-order valence-electron chi connectivity index (χ0n) is 27.3. The fourth-order valence-electron chi connectivity index (χ4n) is 9.26. The van der Waals surface area contributed by atoms with Crippen LogP contribution in [-0.4, -0.2) is 18.5 Å². The minimum absolute atomic E-state index is 0.0855. The Labute approximate surface area is 282 Å². The Hall–Kier alpha value is -2.36. The number of nitrogens with zero attached hydrogens (tertiary/aromatic N) is 2. The molecular weight excluding hydrogens is 699 g/mol. The molecular formula is C40H42Cl2N2SiZr. The number of aryl methyl sites for hydroxylation is 2. The SMILES string of the molecule is CC1=Cc2c(cccc2N2CCCc3ccccc32)[CH]1[Zr]([Cl])([Cl])([CH]1C(C)=Cc2c1cccc2N1CCCc2ccccc21)=[Si](C)C. The second kappa shape index (κ2) is 11.4. The first kappa shape index (κ1) is 30.9. The Morgan fingerprint density at radius 3 is 1.43 bits per heavy atom. The van der Waals surface area contributed by atoms with Gasteiger partial charge in [-0.05, 0) is 0 Å². The van der Waals surface area contributed by atoms with E-state index in [4.69, 9.17) is 17.0 Å². The fourth-order valence-corrected chi connectivity index (χ4v) is 39.7. The zero-order chi connectivity index (χ0) is 31.8. The third kappa shape index (κ3) is 4.50. The molecule has 0 bridgehead atoms. The molecule has 2 aliphatic heterocycles. The fraction of sp³-hybridized carbons (Fsp3) is 0.300. The third-order valence-corrected chi connectivity index (χ3v) is 58.3. The summed E-state index contributed by atoms with van der Waals surface area (Å²) in [6, 6.07) is 31.6. The van der Waals surface area contributed by atoms with Crippen molar-refractivity contribution in [2.45, 2.75) is 59.9 Å². The van der Waals surface area contributed by atoms with Crippen LogP contribution in [0.3, 0.4) is 0 Å². The Kier molecular flexibility index (Phi) is 7.65. The number of benzene rings is 4. The Morgan fingerprint density at radius 1 is 0.587 bits per heavy atom. The van der Waals surface area contributed by atoms with Crippen LogP contribution < -0.4 is 9.80 Å². The maximum absolute atomic E-state index is 8.54. The molecule has 234 valence electrons. The van der Waals surface area contributed by atoms with Crippen molar-refractivity contribution in [2.24, 2.45) is 0 Å². The summed E-state index contributed by atoms with van der Waals surface area (Å²) in [6.45, 7) is 11.5. The van der Waals surface area contributed by atoms with Gasteiger partial charge in [0, 0.05) is 0 Å². The minimum atomic E-state index is -4.78. The van der Waals surface area contributed by atoms with Crippen LogP contribution in [0.2, 0.25) is 13.1 Å². The van der Waals surface area contributed by atoms with Crippen molar-refractivity contribution in [1.29, 1.82) is 0 Å². The van der Waals surface area contributed by atoms with Crippen LogP contribution in [0.1, 0.15) is 67.3 Å². The van der Waals surface area contributed by atoms with Crippen molar-refractivity contribution in [3.8, 4) is 0 Å². The van der Waals surface area contributed by atoms with E-state index in [1.165, 1.54) is 67.3 Å². The normalized spacial score (nSPS) is 20.4. The van der Waals surface area contributed by atoms with Gasteiger partial charge in [0.1, 0.15) is 0 Å². The molecule has 0 saturated carbocycles. The van der Waals surface area contributed by atoms with Crippen molar-refractivity contribution in [2.75, 3.05) is 22.9 Å². The summed E-state index contributed by atoms with van der Waals surface area (Å²) in [7, 11) is 17.1. The summed E-state index contributed by atoms with van der Waals surface area (Å²) in [5, 5.41) is 0. The topological polar surface area (TPSA) is 6.48 Å². The average Bonchev–Trinajstić information content (AvgIpc) is 3.60. The number of hydrogen-bond acceptors (Lipinski definition) is 2. The molecule has 2 aliphatic carbocycles. The first-order valence-corrected chi connectivity index (χ1v) is 32.2.